The normalized spacial score (nSPS) is 18.3. The Morgan fingerprint density at radius 2 is 1.86 bits per heavy atom. The third-order valence-corrected chi connectivity index (χ3v) is 4.63. The van der Waals surface area contributed by atoms with Crippen molar-refractivity contribution in [2.24, 2.45) is 0 Å². The number of phenols is 1. The standard InChI is InChI=1S/C20H17FN2O6/c1-2-9-22-17(12-5-8-15(24)14(10-12)23(28)29)16(19(26)20(22)27)18(25)11-3-6-13(21)7-4-11/h3-8,10,17,24-25H,2,9H2,1H3/b18-16-. The first-order valence-electron chi connectivity index (χ1n) is 8.78. The van der Waals surface area contributed by atoms with Gasteiger partial charge in [-0.3, -0.25) is 19.7 Å². The van der Waals surface area contributed by atoms with Gasteiger partial charge in [0.2, 0.25) is 0 Å². The molecule has 1 atom stereocenters. The van der Waals surface area contributed by atoms with Crippen LogP contribution in [-0.4, -0.2) is 38.3 Å². The number of aromatic hydroxyl groups is 1. The van der Waals surface area contributed by atoms with Crippen molar-refractivity contribution < 1.29 is 29.1 Å². The number of hydrogen-bond acceptors (Lipinski definition) is 6. The molecule has 0 saturated carbocycles. The number of benzene rings is 2. The van der Waals surface area contributed by atoms with Crippen LogP contribution in [0.15, 0.2) is 48.0 Å². The quantitative estimate of drug-likeness (QED) is 0.261. The number of carbonyl (C=O) groups excluding carboxylic acids is 2. The number of amides is 1. The molecule has 1 heterocycles. The molecule has 2 aromatic rings. The fourth-order valence-electron chi connectivity index (χ4n) is 3.32. The first-order valence-corrected chi connectivity index (χ1v) is 8.78. The summed E-state index contributed by atoms with van der Waals surface area (Å²) >= 11 is 0. The molecule has 8 nitrogen and oxygen atoms in total. The molecule has 2 N–H and O–H groups in total. The van der Waals surface area contributed by atoms with Crippen LogP contribution in [0.3, 0.4) is 0 Å². The average molecular weight is 400 g/mol. The molecule has 9 heteroatoms. The third-order valence-electron chi connectivity index (χ3n) is 4.63. The van der Waals surface area contributed by atoms with E-state index < -0.39 is 45.7 Å². The molecule has 0 spiro atoms. The van der Waals surface area contributed by atoms with Crippen molar-refractivity contribution in [1.29, 1.82) is 0 Å². The highest BCUT2D eigenvalue weighted by Gasteiger charge is 2.46. The van der Waals surface area contributed by atoms with Crippen molar-refractivity contribution in [3.8, 4) is 5.75 Å². The summed E-state index contributed by atoms with van der Waals surface area (Å²) in [5.41, 5.74) is -0.536. The predicted octanol–water partition coefficient (Wildman–Crippen LogP) is 3.27. The summed E-state index contributed by atoms with van der Waals surface area (Å²) in [6.07, 6.45) is 0.500. The van der Waals surface area contributed by atoms with E-state index in [-0.39, 0.29) is 23.2 Å². The fourth-order valence-corrected chi connectivity index (χ4v) is 3.32. The largest absolute Gasteiger partial charge is 0.507 e. The second-order valence-electron chi connectivity index (χ2n) is 6.50. The third kappa shape index (κ3) is 3.54. The van der Waals surface area contributed by atoms with Gasteiger partial charge in [-0.25, -0.2) is 4.39 Å². The lowest BCUT2D eigenvalue weighted by Gasteiger charge is -2.24. The number of rotatable bonds is 5. The predicted molar refractivity (Wildman–Crippen MR) is 100 cm³/mol. The topological polar surface area (TPSA) is 121 Å². The number of ketones is 1. The average Bonchev–Trinajstić information content (AvgIpc) is 2.93. The molecule has 1 unspecified atom stereocenters. The highest BCUT2D eigenvalue weighted by Crippen LogP contribution is 2.41. The summed E-state index contributed by atoms with van der Waals surface area (Å²) < 4.78 is 13.2. The molecule has 1 saturated heterocycles. The van der Waals surface area contributed by atoms with E-state index in [0.29, 0.717) is 6.42 Å². The van der Waals surface area contributed by atoms with Crippen molar-refractivity contribution in [1.82, 2.24) is 4.90 Å². The van der Waals surface area contributed by atoms with Gasteiger partial charge in [-0.2, -0.15) is 0 Å². The van der Waals surface area contributed by atoms with Gasteiger partial charge in [0.25, 0.3) is 11.7 Å². The number of aliphatic hydroxyl groups is 1. The molecule has 1 aliphatic rings. The van der Waals surface area contributed by atoms with Crippen molar-refractivity contribution in [2.45, 2.75) is 19.4 Å². The van der Waals surface area contributed by atoms with Gasteiger partial charge in [-0.1, -0.05) is 13.0 Å². The minimum Gasteiger partial charge on any atom is -0.507 e. The van der Waals surface area contributed by atoms with Gasteiger partial charge in [-0.05, 0) is 42.3 Å². The first-order chi connectivity index (χ1) is 13.8. The molecule has 0 aromatic heterocycles. The molecule has 1 aliphatic heterocycles. The zero-order valence-electron chi connectivity index (χ0n) is 15.3. The summed E-state index contributed by atoms with van der Waals surface area (Å²) in [5, 5.41) is 31.6. The number of nitro benzene ring substituents is 1. The zero-order valence-corrected chi connectivity index (χ0v) is 15.3. The summed E-state index contributed by atoms with van der Waals surface area (Å²) in [4.78, 5) is 36.9. The number of halogens is 1. The molecule has 0 radical (unpaired) electrons. The van der Waals surface area contributed by atoms with Crippen LogP contribution < -0.4 is 0 Å². The maximum Gasteiger partial charge on any atom is 0.311 e. The van der Waals surface area contributed by atoms with Gasteiger partial charge in [-0.15, -0.1) is 0 Å². The smallest absolute Gasteiger partial charge is 0.311 e. The lowest BCUT2D eigenvalue weighted by molar-refractivity contribution is -0.385. The number of hydrogen-bond donors (Lipinski definition) is 2. The molecule has 150 valence electrons. The van der Waals surface area contributed by atoms with Crippen molar-refractivity contribution in [2.75, 3.05) is 6.54 Å². The molecule has 0 bridgehead atoms. The van der Waals surface area contributed by atoms with E-state index in [4.69, 9.17) is 0 Å². The second kappa shape index (κ2) is 7.70. The zero-order chi connectivity index (χ0) is 21.3. The highest BCUT2D eigenvalue weighted by atomic mass is 19.1. The first kappa shape index (κ1) is 20.0. The molecular weight excluding hydrogens is 383 g/mol. The van der Waals surface area contributed by atoms with Crippen LogP contribution in [0.5, 0.6) is 5.75 Å². The van der Waals surface area contributed by atoms with Crippen LogP contribution in [0.1, 0.15) is 30.5 Å². The number of Topliss-reactive ketones (excluding diaryl/α,β-unsaturated/α-hetero) is 1. The van der Waals surface area contributed by atoms with Crippen LogP contribution in [0.4, 0.5) is 10.1 Å². The van der Waals surface area contributed by atoms with Crippen molar-refractivity contribution in [3.05, 3.63) is 75.1 Å². The number of likely N-dealkylation sites (tertiary alicyclic amines) is 1. The molecule has 2 aromatic carbocycles. The highest BCUT2D eigenvalue weighted by molar-refractivity contribution is 6.46. The lowest BCUT2D eigenvalue weighted by Crippen LogP contribution is -2.30. The van der Waals surface area contributed by atoms with E-state index in [1.807, 2.05) is 0 Å². The molecule has 1 amide bonds. The Hall–Kier alpha value is -3.75. The Bertz CT molecular complexity index is 1030. The van der Waals surface area contributed by atoms with E-state index in [2.05, 4.69) is 0 Å². The van der Waals surface area contributed by atoms with E-state index in [1.165, 1.54) is 23.1 Å². The van der Waals surface area contributed by atoms with E-state index in [9.17, 15) is 34.3 Å². The number of carbonyl (C=O) groups is 2. The molecular formula is C20H17FN2O6. The summed E-state index contributed by atoms with van der Waals surface area (Å²) in [7, 11) is 0. The van der Waals surface area contributed by atoms with Crippen LogP contribution in [-0.2, 0) is 9.59 Å². The van der Waals surface area contributed by atoms with Crippen LogP contribution in [0.25, 0.3) is 5.76 Å². The Balaban J connectivity index is 2.23. The van der Waals surface area contributed by atoms with Gasteiger partial charge >= 0.3 is 5.69 Å². The fraction of sp³-hybridized carbons (Fsp3) is 0.200. The van der Waals surface area contributed by atoms with Crippen LogP contribution in [0, 0.1) is 15.9 Å². The SMILES string of the molecule is CCCN1C(=O)C(=O)/C(=C(\O)c2ccc(F)cc2)C1c1ccc(O)c([N+](=O)[O-])c1. The Morgan fingerprint density at radius 1 is 1.21 bits per heavy atom. The van der Waals surface area contributed by atoms with E-state index in [1.54, 1.807) is 6.92 Å². The maximum absolute atomic E-state index is 13.2. The molecule has 3 rings (SSSR count). The van der Waals surface area contributed by atoms with Gasteiger partial charge in [0.15, 0.2) is 5.75 Å². The minimum atomic E-state index is -1.08. The van der Waals surface area contributed by atoms with Crippen molar-refractivity contribution in [3.63, 3.8) is 0 Å². The molecule has 1 fully saturated rings. The van der Waals surface area contributed by atoms with Gasteiger partial charge in [0.05, 0.1) is 16.5 Å². The minimum absolute atomic E-state index is 0.124. The Kier molecular flexibility index (Phi) is 5.31. The second-order valence-corrected chi connectivity index (χ2v) is 6.50. The van der Waals surface area contributed by atoms with Crippen LogP contribution >= 0.6 is 0 Å². The monoisotopic (exact) mass is 400 g/mol. The Labute approximate surface area is 164 Å². The number of phenolic OH excluding ortho intramolecular Hbond substituents is 1. The van der Waals surface area contributed by atoms with E-state index in [0.717, 1.165) is 24.3 Å². The summed E-state index contributed by atoms with van der Waals surface area (Å²) in [6.45, 7) is 1.96. The van der Waals surface area contributed by atoms with Gasteiger partial charge in [0, 0.05) is 18.2 Å². The summed E-state index contributed by atoms with van der Waals surface area (Å²) in [6, 6.07) is 7.13. The number of nitro groups is 1. The number of aliphatic hydroxyl groups excluding tert-OH is 1. The lowest BCUT2D eigenvalue weighted by atomic mass is 9.94. The van der Waals surface area contributed by atoms with Crippen LogP contribution in [0.2, 0.25) is 0 Å². The van der Waals surface area contributed by atoms with Gasteiger partial charge < -0.3 is 15.1 Å². The Morgan fingerprint density at radius 3 is 2.45 bits per heavy atom. The van der Waals surface area contributed by atoms with Gasteiger partial charge in [0.1, 0.15) is 11.6 Å². The van der Waals surface area contributed by atoms with Crippen molar-refractivity contribution >= 4 is 23.1 Å². The number of nitrogens with zero attached hydrogens (tertiary/aromatic N) is 2. The maximum atomic E-state index is 13.2. The summed E-state index contributed by atoms with van der Waals surface area (Å²) in [5.74, 6) is -3.41. The van der Waals surface area contributed by atoms with E-state index >= 15 is 0 Å². The molecule has 29 heavy (non-hydrogen) atoms. The molecule has 0 aliphatic carbocycles.